The lowest BCUT2D eigenvalue weighted by Crippen LogP contribution is -2.40. The molecule has 1 aliphatic rings. The molecule has 3 heterocycles. The Morgan fingerprint density at radius 1 is 1.35 bits per heavy atom. The van der Waals surface area contributed by atoms with E-state index in [1.54, 1.807) is 6.20 Å². The van der Waals surface area contributed by atoms with Gasteiger partial charge in [0.15, 0.2) is 5.69 Å². The van der Waals surface area contributed by atoms with Crippen molar-refractivity contribution >= 4 is 5.82 Å². The molecule has 0 spiro atoms. The summed E-state index contributed by atoms with van der Waals surface area (Å²) in [5, 5.41) is 8.77. The summed E-state index contributed by atoms with van der Waals surface area (Å²) in [4.78, 5) is 10.5. The average Bonchev–Trinajstić information content (AvgIpc) is 2.94. The van der Waals surface area contributed by atoms with Crippen molar-refractivity contribution in [2.24, 2.45) is 0 Å². The Morgan fingerprint density at radius 3 is 2.90 bits per heavy atom. The van der Waals surface area contributed by atoms with Crippen LogP contribution in [0.2, 0.25) is 0 Å². The molecule has 0 aliphatic carbocycles. The van der Waals surface area contributed by atoms with Crippen LogP contribution in [0.3, 0.4) is 0 Å². The van der Waals surface area contributed by atoms with Crippen molar-refractivity contribution in [1.82, 2.24) is 9.97 Å². The summed E-state index contributed by atoms with van der Waals surface area (Å²) in [6.07, 6.45) is 3.10. The van der Waals surface area contributed by atoms with Crippen molar-refractivity contribution in [3.8, 4) is 6.07 Å². The van der Waals surface area contributed by atoms with Crippen LogP contribution in [0, 0.1) is 18.3 Å². The Balaban J connectivity index is 1.90. The van der Waals surface area contributed by atoms with E-state index < -0.39 is 0 Å². The highest BCUT2D eigenvalue weighted by Crippen LogP contribution is 2.29. The van der Waals surface area contributed by atoms with E-state index in [1.165, 1.54) is 6.20 Å². The third kappa shape index (κ3) is 2.36. The smallest absolute Gasteiger partial charge is 0.158 e. The van der Waals surface area contributed by atoms with Crippen LogP contribution in [0.4, 0.5) is 5.82 Å². The van der Waals surface area contributed by atoms with Crippen LogP contribution in [0.5, 0.6) is 0 Å². The molecule has 2 aromatic rings. The number of furan rings is 1. The first kappa shape index (κ1) is 12.6. The zero-order valence-electron chi connectivity index (χ0n) is 11.1. The molecule has 0 amide bonds. The van der Waals surface area contributed by atoms with Gasteiger partial charge in [0.2, 0.25) is 0 Å². The number of hydrogen-bond acceptors (Lipinski definition) is 6. The van der Waals surface area contributed by atoms with Crippen LogP contribution in [0.25, 0.3) is 0 Å². The van der Waals surface area contributed by atoms with Crippen molar-refractivity contribution in [3.05, 3.63) is 41.7 Å². The molecule has 0 aromatic carbocycles. The predicted octanol–water partition coefficient (Wildman–Crippen LogP) is 1.83. The van der Waals surface area contributed by atoms with Gasteiger partial charge in [-0.2, -0.15) is 5.26 Å². The van der Waals surface area contributed by atoms with Crippen molar-refractivity contribution in [3.63, 3.8) is 0 Å². The fourth-order valence-electron chi connectivity index (χ4n) is 2.27. The Bertz CT molecular complexity index is 629. The Kier molecular flexibility index (Phi) is 3.35. The fourth-order valence-corrected chi connectivity index (χ4v) is 2.27. The van der Waals surface area contributed by atoms with E-state index in [-0.39, 0.29) is 6.04 Å². The normalized spacial score (nSPS) is 18.8. The van der Waals surface area contributed by atoms with E-state index in [0.717, 1.165) is 17.3 Å². The number of aryl methyl sites for hydroxylation is 1. The van der Waals surface area contributed by atoms with E-state index in [1.807, 2.05) is 25.1 Å². The largest absolute Gasteiger partial charge is 0.464 e. The first-order chi connectivity index (χ1) is 9.78. The number of aromatic nitrogens is 2. The highest BCUT2D eigenvalue weighted by atomic mass is 16.5. The van der Waals surface area contributed by atoms with Crippen LogP contribution >= 0.6 is 0 Å². The molecule has 1 fully saturated rings. The maximum absolute atomic E-state index is 8.77. The predicted molar refractivity (Wildman–Crippen MR) is 71.1 cm³/mol. The SMILES string of the molecule is Cc1ccc(C2COCCN2c2cnc(C#N)cn2)o1. The van der Waals surface area contributed by atoms with Crippen LogP contribution in [0.15, 0.2) is 28.9 Å². The Morgan fingerprint density at radius 2 is 2.25 bits per heavy atom. The van der Waals surface area contributed by atoms with E-state index in [0.29, 0.717) is 25.5 Å². The lowest BCUT2D eigenvalue weighted by Gasteiger charge is -2.34. The topological polar surface area (TPSA) is 75.2 Å². The van der Waals surface area contributed by atoms with E-state index in [4.69, 9.17) is 14.4 Å². The van der Waals surface area contributed by atoms with Gasteiger partial charge < -0.3 is 14.1 Å². The minimum atomic E-state index is -0.0142. The van der Waals surface area contributed by atoms with Gasteiger partial charge in [0.05, 0.1) is 25.6 Å². The maximum atomic E-state index is 8.77. The van der Waals surface area contributed by atoms with Gasteiger partial charge in [-0.3, -0.25) is 0 Å². The third-order valence-electron chi connectivity index (χ3n) is 3.27. The summed E-state index contributed by atoms with van der Waals surface area (Å²) in [7, 11) is 0. The van der Waals surface area contributed by atoms with Crippen molar-refractivity contribution in [2.75, 3.05) is 24.7 Å². The van der Waals surface area contributed by atoms with E-state index in [2.05, 4.69) is 14.9 Å². The molecular formula is C14H14N4O2. The van der Waals surface area contributed by atoms with Gasteiger partial charge >= 0.3 is 0 Å². The molecule has 6 heteroatoms. The summed E-state index contributed by atoms with van der Waals surface area (Å²) in [5.74, 6) is 2.45. The van der Waals surface area contributed by atoms with Gasteiger partial charge in [-0.25, -0.2) is 9.97 Å². The Hall–Kier alpha value is -2.39. The molecule has 102 valence electrons. The highest BCUT2D eigenvalue weighted by Gasteiger charge is 2.28. The standard InChI is InChI=1S/C14H14N4O2/c1-10-2-3-13(20-10)12-9-19-5-4-18(12)14-8-16-11(6-15)7-17-14/h2-3,7-8,12H,4-5,9H2,1H3. The molecular weight excluding hydrogens is 256 g/mol. The van der Waals surface area contributed by atoms with Gasteiger partial charge in [-0.05, 0) is 19.1 Å². The monoisotopic (exact) mass is 270 g/mol. The quantitative estimate of drug-likeness (QED) is 0.828. The molecule has 3 rings (SSSR count). The zero-order valence-corrected chi connectivity index (χ0v) is 11.1. The van der Waals surface area contributed by atoms with Crippen molar-refractivity contribution in [1.29, 1.82) is 5.26 Å². The number of hydrogen-bond donors (Lipinski definition) is 0. The van der Waals surface area contributed by atoms with Crippen LogP contribution < -0.4 is 4.90 Å². The van der Waals surface area contributed by atoms with Gasteiger partial charge in [0.1, 0.15) is 29.4 Å². The summed E-state index contributed by atoms with van der Waals surface area (Å²) in [5.41, 5.74) is 0.312. The first-order valence-corrected chi connectivity index (χ1v) is 6.41. The molecule has 0 saturated carbocycles. The molecule has 20 heavy (non-hydrogen) atoms. The van der Waals surface area contributed by atoms with Crippen molar-refractivity contribution < 1.29 is 9.15 Å². The minimum Gasteiger partial charge on any atom is -0.464 e. The Labute approximate surface area is 116 Å². The molecule has 2 aromatic heterocycles. The molecule has 1 saturated heterocycles. The molecule has 1 atom stereocenters. The molecule has 1 unspecified atom stereocenters. The van der Waals surface area contributed by atoms with Crippen LogP contribution in [-0.4, -0.2) is 29.7 Å². The van der Waals surface area contributed by atoms with Gasteiger partial charge in [0, 0.05) is 6.54 Å². The van der Waals surface area contributed by atoms with Gasteiger partial charge in [-0.1, -0.05) is 0 Å². The summed E-state index contributed by atoms with van der Waals surface area (Å²) >= 11 is 0. The number of morpholine rings is 1. The lowest BCUT2D eigenvalue weighted by molar-refractivity contribution is 0.0870. The minimum absolute atomic E-state index is 0.0142. The second-order valence-corrected chi connectivity index (χ2v) is 4.60. The number of nitriles is 1. The fraction of sp³-hybridized carbons (Fsp3) is 0.357. The van der Waals surface area contributed by atoms with Crippen LogP contribution in [0.1, 0.15) is 23.3 Å². The van der Waals surface area contributed by atoms with E-state index in [9.17, 15) is 0 Å². The molecule has 0 bridgehead atoms. The van der Waals surface area contributed by atoms with Gasteiger partial charge in [-0.15, -0.1) is 0 Å². The first-order valence-electron chi connectivity index (χ1n) is 6.41. The molecule has 1 aliphatic heterocycles. The third-order valence-corrected chi connectivity index (χ3v) is 3.27. The number of nitrogens with zero attached hydrogens (tertiary/aromatic N) is 4. The average molecular weight is 270 g/mol. The number of ether oxygens (including phenoxy) is 1. The molecule has 6 nitrogen and oxygen atoms in total. The second-order valence-electron chi connectivity index (χ2n) is 4.60. The summed E-state index contributed by atoms with van der Waals surface area (Å²) in [6, 6.07) is 5.85. The van der Waals surface area contributed by atoms with Crippen LogP contribution in [-0.2, 0) is 4.74 Å². The number of rotatable bonds is 2. The summed E-state index contributed by atoms with van der Waals surface area (Å²) in [6.45, 7) is 3.82. The molecule has 0 radical (unpaired) electrons. The summed E-state index contributed by atoms with van der Waals surface area (Å²) < 4.78 is 11.2. The lowest BCUT2D eigenvalue weighted by atomic mass is 10.2. The molecule has 0 N–H and O–H groups in total. The second kappa shape index (κ2) is 5.31. The maximum Gasteiger partial charge on any atom is 0.158 e. The highest BCUT2D eigenvalue weighted by molar-refractivity contribution is 5.41. The van der Waals surface area contributed by atoms with E-state index >= 15 is 0 Å². The number of anilines is 1. The zero-order chi connectivity index (χ0) is 13.9. The van der Waals surface area contributed by atoms with Gasteiger partial charge in [0.25, 0.3) is 0 Å². The van der Waals surface area contributed by atoms with Crippen molar-refractivity contribution in [2.45, 2.75) is 13.0 Å².